The largest absolute Gasteiger partial charge is 0.433 e. The molecule has 144 valence electrons. The molecule has 1 atom stereocenters. The Balaban J connectivity index is 1.83. The number of sulfone groups is 1. The van der Waals surface area contributed by atoms with Gasteiger partial charge in [0.15, 0.2) is 0 Å². The second-order valence-corrected chi connectivity index (χ2v) is 9.47. The molecule has 1 aromatic rings. The fourth-order valence-corrected chi connectivity index (χ4v) is 4.53. The van der Waals surface area contributed by atoms with Gasteiger partial charge in [0.05, 0.1) is 5.75 Å². The summed E-state index contributed by atoms with van der Waals surface area (Å²) in [5.74, 6) is -0.704. The van der Waals surface area contributed by atoms with Crippen LogP contribution in [-0.2, 0) is 16.0 Å². The summed E-state index contributed by atoms with van der Waals surface area (Å²) >= 11 is 0. The van der Waals surface area contributed by atoms with Crippen molar-refractivity contribution in [2.75, 3.05) is 25.1 Å². The molecule has 5 nitrogen and oxygen atoms in total. The molecule has 1 unspecified atom stereocenters. The zero-order chi connectivity index (χ0) is 19.1. The van der Waals surface area contributed by atoms with Crippen LogP contribution >= 0.6 is 0 Å². The first kappa shape index (κ1) is 19.1. The molecule has 3 rings (SSSR count). The van der Waals surface area contributed by atoms with Gasteiger partial charge in [-0.3, -0.25) is 4.79 Å². The lowest BCUT2D eigenvalue weighted by Crippen LogP contribution is -2.42. The van der Waals surface area contributed by atoms with Crippen LogP contribution in [0.3, 0.4) is 0 Å². The molecule has 0 N–H and O–H groups in total. The highest BCUT2D eigenvalue weighted by atomic mass is 32.2. The number of carbonyl (C=O) groups excluding carboxylic acids is 1. The number of piperidine rings is 1. The second kappa shape index (κ2) is 6.83. The Hall–Kier alpha value is -1.64. The molecule has 2 fully saturated rings. The van der Waals surface area contributed by atoms with Crippen molar-refractivity contribution in [1.29, 1.82) is 0 Å². The minimum absolute atomic E-state index is 0.0109. The van der Waals surface area contributed by atoms with Gasteiger partial charge < -0.3 is 4.90 Å². The Morgan fingerprint density at radius 1 is 1.27 bits per heavy atom. The van der Waals surface area contributed by atoms with Crippen molar-refractivity contribution < 1.29 is 26.4 Å². The molecule has 1 amide bonds. The number of likely N-dealkylation sites (tertiary alicyclic amines) is 1. The quantitative estimate of drug-likeness (QED) is 0.793. The maximum atomic E-state index is 13.1. The number of halogens is 3. The van der Waals surface area contributed by atoms with E-state index in [-0.39, 0.29) is 29.7 Å². The lowest BCUT2D eigenvalue weighted by Gasteiger charge is -2.32. The van der Waals surface area contributed by atoms with E-state index < -0.39 is 27.6 Å². The van der Waals surface area contributed by atoms with E-state index in [0.29, 0.717) is 25.1 Å². The van der Waals surface area contributed by atoms with Crippen molar-refractivity contribution in [2.45, 2.75) is 37.8 Å². The minimum Gasteiger partial charge on any atom is -0.338 e. The number of pyridine rings is 1. The van der Waals surface area contributed by atoms with Crippen LogP contribution < -0.4 is 0 Å². The molecule has 1 saturated heterocycles. The molecule has 1 aromatic heterocycles. The van der Waals surface area contributed by atoms with E-state index in [1.54, 1.807) is 0 Å². The van der Waals surface area contributed by atoms with E-state index in [4.69, 9.17) is 0 Å². The Morgan fingerprint density at radius 2 is 1.96 bits per heavy atom. The zero-order valence-corrected chi connectivity index (χ0v) is 15.2. The van der Waals surface area contributed by atoms with Crippen molar-refractivity contribution in [2.24, 2.45) is 5.92 Å². The third-order valence-electron chi connectivity index (χ3n) is 4.72. The third-order valence-corrected chi connectivity index (χ3v) is 5.80. The van der Waals surface area contributed by atoms with Gasteiger partial charge in [-0.1, -0.05) is 0 Å². The summed E-state index contributed by atoms with van der Waals surface area (Å²) in [6.07, 6.45) is -0.577. The van der Waals surface area contributed by atoms with Crippen LogP contribution in [0.2, 0.25) is 0 Å². The smallest absolute Gasteiger partial charge is 0.338 e. The molecular weight excluding hydrogens is 369 g/mol. The first-order chi connectivity index (χ1) is 12.0. The highest BCUT2D eigenvalue weighted by Crippen LogP contribution is 2.41. The van der Waals surface area contributed by atoms with Gasteiger partial charge in [0.2, 0.25) is 0 Å². The van der Waals surface area contributed by atoms with Crippen molar-refractivity contribution in [3.8, 4) is 0 Å². The van der Waals surface area contributed by atoms with Gasteiger partial charge in [-0.05, 0) is 43.7 Å². The van der Waals surface area contributed by atoms with Crippen molar-refractivity contribution >= 4 is 15.7 Å². The molecular formula is C17H21F3N2O3S. The summed E-state index contributed by atoms with van der Waals surface area (Å²) in [6, 6.07) is 2.25. The second-order valence-electron chi connectivity index (χ2n) is 7.29. The monoisotopic (exact) mass is 390 g/mol. The predicted molar refractivity (Wildman–Crippen MR) is 89.6 cm³/mol. The maximum absolute atomic E-state index is 13.1. The summed E-state index contributed by atoms with van der Waals surface area (Å²) in [5.41, 5.74) is -0.753. The van der Waals surface area contributed by atoms with Crippen molar-refractivity contribution in [3.05, 3.63) is 29.1 Å². The predicted octanol–water partition coefficient (Wildman–Crippen LogP) is 2.87. The summed E-state index contributed by atoms with van der Waals surface area (Å²) in [5, 5.41) is 0. The molecule has 0 bridgehead atoms. The van der Waals surface area contributed by atoms with Crippen LogP contribution in [0.15, 0.2) is 12.1 Å². The highest BCUT2D eigenvalue weighted by Gasteiger charge is 2.37. The maximum Gasteiger partial charge on any atom is 0.433 e. The van der Waals surface area contributed by atoms with Crippen LogP contribution in [0.5, 0.6) is 0 Å². The van der Waals surface area contributed by atoms with E-state index >= 15 is 0 Å². The first-order valence-corrected chi connectivity index (χ1v) is 10.6. The molecule has 2 aliphatic rings. The van der Waals surface area contributed by atoms with Crippen LogP contribution in [0, 0.1) is 5.92 Å². The normalized spacial score (nSPS) is 21.7. The van der Waals surface area contributed by atoms with E-state index in [0.717, 1.165) is 25.2 Å². The van der Waals surface area contributed by atoms with Gasteiger partial charge >= 0.3 is 6.18 Å². The number of carbonyl (C=O) groups is 1. The Bertz CT molecular complexity index is 804. The summed E-state index contributed by atoms with van der Waals surface area (Å²) in [4.78, 5) is 17.9. The van der Waals surface area contributed by atoms with Crippen LogP contribution in [0.25, 0.3) is 0 Å². The molecule has 0 aromatic carbocycles. The number of aromatic nitrogens is 1. The average Bonchev–Trinajstić information content (AvgIpc) is 3.36. The van der Waals surface area contributed by atoms with Gasteiger partial charge in [0, 0.05) is 36.5 Å². The third kappa shape index (κ3) is 4.75. The number of amides is 1. The summed E-state index contributed by atoms with van der Waals surface area (Å²) < 4.78 is 62.4. The van der Waals surface area contributed by atoms with Crippen LogP contribution in [0.4, 0.5) is 13.2 Å². The number of hydrogen-bond acceptors (Lipinski definition) is 4. The standard InChI is InChI=1S/C17H21F3N2O3S/c1-26(24,25)10-11-3-2-6-22(9-11)16(23)13-7-14(12-4-5-12)21-15(8-13)17(18,19)20/h7-8,11-12H,2-6,9-10H2,1H3. The molecule has 1 saturated carbocycles. The van der Waals surface area contributed by atoms with Gasteiger partial charge in [-0.15, -0.1) is 0 Å². The topological polar surface area (TPSA) is 67.3 Å². The zero-order valence-electron chi connectivity index (χ0n) is 14.4. The van der Waals surface area contributed by atoms with Gasteiger partial charge in [-0.25, -0.2) is 13.4 Å². The lowest BCUT2D eigenvalue weighted by molar-refractivity contribution is -0.141. The molecule has 1 aliphatic carbocycles. The summed E-state index contributed by atoms with van der Waals surface area (Å²) in [6.45, 7) is 0.663. The molecule has 1 aliphatic heterocycles. The molecule has 2 heterocycles. The minimum atomic E-state index is -4.61. The van der Waals surface area contributed by atoms with E-state index in [1.165, 1.54) is 11.0 Å². The Kier molecular flexibility index (Phi) is 5.02. The number of nitrogens with zero attached hydrogens (tertiary/aromatic N) is 2. The van der Waals surface area contributed by atoms with E-state index in [9.17, 15) is 26.4 Å². The first-order valence-electron chi connectivity index (χ1n) is 8.59. The Labute approximate surface area is 150 Å². The molecule has 0 spiro atoms. The number of alkyl halides is 3. The molecule has 0 radical (unpaired) electrons. The highest BCUT2D eigenvalue weighted by molar-refractivity contribution is 7.90. The lowest BCUT2D eigenvalue weighted by atomic mass is 9.99. The van der Waals surface area contributed by atoms with Crippen LogP contribution in [-0.4, -0.2) is 49.3 Å². The molecule has 9 heteroatoms. The number of hydrogen-bond donors (Lipinski definition) is 0. The van der Waals surface area contributed by atoms with Crippen LogP contribution in [0.1, 0.15) is 53.3 Å². The average molecular weight is 390 g/mol. The van der Waals surface area contributed by atoms with E-state index in [2.05, 4.69) is 4.98 Å². The van der Waals surface area contributed by atoms with Crippen molar-refractivity contribution in [1.82, 2.24) is 9.88 Å². The van der Waals surface area contributed by atoms with Gasteiger partial charge in [-0.2, -0.15) is 13.2 Å². The Morgan fingerprint density at radius 3 is 2.54 bits per heavy atom. The fraction of sp³-hybridized carbons (Fsp3) is 0.647. The van der Waals surface area contributed by atoms with Gasteiger partial charge in [0.25, 0.3) is 5.91 Å². The van der Waals surface area contributed by atoms with Gasteiger partial charge in [0.1, 0.15) is 15.5 Å². The number of rotatable bonds is 4. The SMILES string of the molecule is CS(=O)(=O)CC1CCCN(C(=O)c2cc(C3CC3)nc(C(F)(F)F)c2)C1. The van der Waals surface area contributed by atoms with E-state index in [1.807, 2.05) is 0 Å². The summed E-state index contributed by atoms with van der Waals surface area (Å²) in [7, 11) is -3.17. The fourth-order valence-electron chi connectivity index (χ4n) is 3.41. The van der Waals surface area contributed by atoms with Crippen molar-refractivity contribution in [3.63, 3.8) is 0 Å². The molecule has 26 heavy (non-hydrogen) atoms.